The highest BCUT2D eigenvalue weighted by Crippen LogP contribution is 2.21. The molecule has 0 aliphatic carbocycles. The van der Waals surface area contributed by atoms with Crippen LogP contribution in [0.5, 0.6) is 0 Å². The largest absolute Gasteiger partial charge is 0.445 e. The molecule has 7 nitrogen and oxygen atoms in total. The van der Waals surface area contributed by atoms with Crippen LogP contribution in [0.15, 0.2) is 30.3 Å². The van der Waals surface area contributed by atoms with Crippen molar-refractivity contribution in [3.8, 4) is 0 Å². The van der Waals surface area contributed by atoms with Crippen LogP contribution in [0.3, 0.4) is 0 Å². The van der Waals surface area contributed by atoms with Crippen molar-refractivity contribution in [1.82, 2.24) is 10.2 Å². The van der Waals surface area contributed by atoms with Crippen LogP contribution in [-0.4, -0.2) is 53.0 Å². The van der Waals surface area contributed by atoms with Gasteiger partial charge >= 0.3 is 12.2 Å². The van der Waals surface area contributed by atoms with Crippen LogP contribution in [-0.2, 0) is 16.1 Å². The minimum absolute atomic E-state index is 0.179. The predicted octanol–water partition coefficient (Wildman–Crippen LogP) is 2.28. The minimum atomic E-state index is -0.614. The van der Waals surface area contributed by atoms with Crippen LogP contribution < -0.4 is 5.32 Å². The first-order chi connectivity index (χ1) is 11.8. The molecule has 0 aromatic heterocycles. The normalized spacial score (nSPS) is 20.2. The van der Waals surface area contributed by atoms with Gasteiger partial charge in [0.2, 0.25) is 0 Å². The Labute approximate surface area is 147 Å². The van der Waals surface area contributed by atoms with Gasteiger partial charge in [-0.05, 0) is 32.8 Å². The second-order valence-electron chi connectivity index (χ2n) is 7.11. The Morgan fingerprint density at radius 2 is 1.96 bits per heavy atom. The summed E-state index contributed by atoms with van der Waals surface area (Å²) in [5.74, 6) is 0. The summed E-state index contributed by atoms with van der Waals surface area (Å²) in [7, 11) is 0. The zero-order chi connectivity index (χ0) is 18.4. The minimum Gasteiger partial charge on any atom is -0.445 e. The van der Waals surface area contributed by atoms with Gasteiger partial charge in [0.25, 0.3) is 0 Å². The van der Waals surface area contributed by atoms with Crippen molar-refractivity contribution in [2.75, 3.05) is 13.2 Å². The summed E-state index contributed by atoms with van der Waals surface area (Å²) in [6, 6.07) is 8.71. The van der Waals surface area contributed by atoms with Gasteiger partial charge in [0.1, 0.15) is 12.2 Å². The number of amides is 2. The fourth-order valence-electron chi connectivity index (χ4n) is 2.67. The Hall–Kier alpha value is -2.28. The molecule has 7 heteroatoms. The van der Waals surface area contributed by atoms with Gasteiger partial charge in [-0.15, -0.1) is 0 Å². The number of likely N-dealkylation sites (tertiary alicyclic amines) is 1. The molecule has 0 saturated carbocycles. The molecule has 1 aromatic carbocycles. The third kappa shape index (κ3) is 5.94. The molecule has 0 radical (unpaired) electrons. The van der Waals surface area contributed by atoms with Crippen molar-refractivity contribution >= 4 is 12.2 Å². The van der Waals surface area contributed by atoms with Gasteiger partial charge in [0.15, 0.2) is 0 Å². The highest BCUT2D eigenvalue weighted by molar-refractivity contribution is 5.70. The van der Waals surface area contributed by atoms with E-state index in [2.05, 4.69) is 5.32 Å². The van der Waals surface area contributed by atoms with Crippen LogP contribution in [0.1, 0.15) is 32.8 Å². The molecule has 2 atom stereocenters. The number of carbonyl (C=O) groups excluding carboxylic acids is 2. The zero-order valence-electron chi connectivity index (χ0n) is 14.9. The van der Waals surface area contributed by atoms with E-state index in [-0.39, 0.29) is 31.8 Å². The Kier molecular flexibility index (Phi) is 6.25. The second-order valence-corrected chi connectivity index (χ2v) is 7.11. The van der Waals surface area contributed by atoms with Gasteiger partial charge in [-0.25, -0.2) is 9.59 Å². The number of benzene rings is 1. The fourth-order valence-corrected chi connectivity index (χ4v) is 2.67. The molecule has 1 heterocycles. The number of hydrogen-bond acceptors (Lipinski definition) is 5. The number of aliphatic hydroxyl groups excluding tert-OH is 1. The molecule has 2 amide bonds. The quantitative estimate of drug-likeness (QED) is 0.870. The fraction of sp³-hybridized carbons (Fsp3) is 0.556. The lowest BCUT2D eigenvalue weighted by molar-refractivity contribution is 0.0173. The third-order valence-electron chi connectivity index (χ3n) is 3.79. The first kappa shape index (κ1) is 19.1. The van der Waals surface area contributed by atoms with Crippen LogP contribution in [0.2, 0.25) is 0 Å². The molecule has 2 N–H and O–H groups in total. The first-order valence-corrected chi connectivity index (χ1v) is 8.36. The van der Waals surface area contributed by atoms with E-state index in [1.54, 1.807) is 20.8 Å². The SMILES string of the molecule is CC(C)(C)OC(=O)N1C[C@@H](NC(=O)OCc2ccccc2)CC1CO. The van der Waals surface area contributed by atoms with Gasteiger partial charge in [0.05, 0.1) is 18.7 Å². The molecule has 1 aromatic rings. The van der Waals surface area contributed by atoms with E-state index in [0.29, 0.717) is 6.42 Å². The summed E-state index contributed by atoms with van der Waals surface area (Å²) in [6.45, 7) is 5.62. The summed E-state index contributed by atoms with van der Waals surface area (Å²) in [6.07, 6.45) is -0.582. The van der Waals surface area contributed by atoms with Gasteiger partial charge in [-0.3, -0.25) is 0 Å². The molecule has 2 rings (SSSR count). The monoisotopic (exact) mass is 350 g/mol. The van der Waals surface area contributed by atoms with Gasteiger partial charge in [0, 0.05) is 6.54 Å². The van der Waals surface area contributed by atoms with Crippen LogP contribution in [0.4, 0.5) is 9.59 Å². The standard InChI is InChI=1S/C18H26N2O5/c1-18(2,3)25-17(23)20-10-14(9-15(20)11-21)19-16(22)24-12-13-7-5-4-6-8-13/h4-8,14-15,21H,9-12H2,1-3H3,(H,19,22)/t14-,15?/m0/s1. The summed E-state index contributed by atoms with van der Waals surface area (Å²) in [5.41, 5.74) is 0.282. The molecule has 0 spiro atoms. The lowest BCUT2D eigenvalue weighted by Crippen LogP contribution is -2.42. The van der Waals surface area contributed by atoms with E-state index in [1.807, 2.05) is 30.3 Å². The van der Waals surface area contributed by atoms with E-state index in [9.17, 15) is 14.7 Å². The molecule has 0 bridgehead atoms. The average molecular weight is 350 g/mol. The van der Waals surface area contributed by atoms with E-state index in [0.717, 1.165) is 5.56 Å². The summed E-state index contributed by atoms with van der Waals surface area (Å²) in [5, 5.41) is 12.2. The molecule has 1 aliphatic rings. The number of ether oxygens (including phenoxy) is 2. The number of nitrogens with zero attached hydrogens (tertiary/aromatic N) is 1. The number of alkyl carbamates (subject to hydrolysis) is 1. The maximum absolute atomic E-state index is 12.2. The number of nitrogens with one attached hydrogen (secondary N) is 1. The lowest BCUT2D eigenvalue weighted by Gasteiger charge is -2.27. The Bertz CT molecular complexity index is 585. The smallest absolute Gasteiger partial charge is 0.410 e. The number of aliphatic hydroxyl groups is 1. The van der Waals surface area contributed by atoms with Crippen LogP contribution in [0, 0.1) is 0 Å². The molecular weight excluding hydrogens is 324 g/mol. The Morgan fingerprint density at radius 3 is 2.56 bits per heavy atom. The van der Waals surface area contributed by atoms with Crippen LogP contribution >= 0.6 is 0 Å². The third-order valence-corrected chi connectivity index (χ3v) is 3.79. The molecule has 1 unspecified atom stereocenters. The molecule has 25 heavy (non-hydrogen) atoms. The van der Waals surface area contributed by atoms with E-state index in [1.165, 1.54) is 4.90 Å². The molecule has 1 aliphatic heterocycles. The molecule has 1 saturated heterocycles. The van der Waals surface area contributed by atoms with Gasteiger partial charge in [-0.2, -0.15) is 0 Å². The maximum atomic E-state index is 12.2. The topological polar surface area (TPSA) is 88.1 Å². The second kappa shape index (κ2) is 8.20. The summed E-state index contributed by atoms with van der Waals surface area (Å²) < 4.78 is 10.5. The number of rotatable bonds is 4. The molecule has 1 fully saturated rings. The summed E-state index contributed by atoms with van der Waals surface area (Å²) >= 11 is 0. The highest BCUT2D eigenvalue weighted by atomic mass is 16.6. The highest BCUT2D eigenvalue weighted by Gasteiger charge is 2.37. The lowest BCUT2D eigenvalue weighted by atomic mass is 10.2. The molecular formula is C18H26N2O5. The average Bonchev–Trinajstić information content (AvgIpc) is 2.95. The van der Waals surface area contributed by atoms with Crippen molar-refractivity contribution in [3.63, 3.8) is 0 Å². The van der Waals surface area contributed by atoms with Gasteiger partial charge < -0.3 is 24.8 Å². The van der Waals surface area contributed by atoms with E-state index >= 15 is 0 Å². The number of carbonyl (C=O) groups is 2. The number of hydrogen-bond donors (Lipinski definition) is 2. The van der Waals surface area contributed by atoms with Gasteiger partial charge in [-0.1, -0.05) is 30.3 Å². The van der Waals surface area contributed by atoms with Crippen molar-refractivity contribution in [2.45, 2.75) is 51.5 Å². The van der Waals surface area contributed by atoms with Crippen molar-refractivity contribution < 1.29 is 24.2 Å². The molecule has 138 valence electrons. The van der Waals surface area contributed by atoms with E-state index < -0.39 is 17.8 Å². The maximum Gasteiger partial charge on any atom is 0.410 e. The Balaban J connectivity index is 1.84. The van der Waals surface area contributed by atoms with Crippen molar-refractivity contribution in [1.29, 1.82) is 0 Å². The van der Waals surface area contributed by atoms with Crippen LogP contribution in [0.25, 0.3) is 0 Å². The Morgan fingerprint density at radius 1 is 1.28 bits per heavy atom. The van der Waals surface area contributed by atoms with Crippen molar-refractivity contribution in [3.05, 3.63) is 35.9 Å². The summed E-state index contributed by atoms with van der Waals surface area (Å²) in [4.78, 5) is 25.6. The predicted molar refractivity (Wildman–Crippen MR) is 92.0 cm³/mol. The van der Waals surface area contributed by atoms with Crippen molar-refractivity contribution in [2.24, 2.45) is 0 Å². The first-order valence-electron chi connectivity index (χ1n) is 8.36. The zero-order valence-corrected chi connectivity index (χ0v) is 14.9. The van der Waals surface area contributed by atoms with E-state index in [4.69, 9.17) is 9.47 Å².